The molecule has 3 rings (SSSR count). The van der Waals surface area contributed by atoms with Gasteiger partial charge in [0.1, 0.15) is 5.76 Å². The van der Waals surface area contributed by atoms with E-state index in [4.69, 9.17) is 4.42 Å². The Balaban J connectivity index is 1.71. The number of rotatable bonds is 4. The lowest BCUT2D eigenvalue weighted by Crippen LogP contribution is -2.46. The highest BCUT2D eigenvalue weighted by Crippen LogP contribution is 2.36. The Morgan fingerprint density at radius 2 is 2.00 bits per heavy atom. The van der Waals surface area contributed by atoms with Crippen LogP contribution in [0, 0.1) is 5.92 Å². The zero-order chi connectivity index (χ0) is 20.3. The first-order valence-corrected chi connectivity index (χ1v) is 9.00. The summed E-state index contributed by atoms with van der Waals surface area (Å²) in [5, 5.41) is 2.78. The third-order valence-corrected chi connectivity index (χ3v) is 4.97. The lowest BCUT2D eigenvalue weighted by molar-refractivity contribution is -0.137. The van der Waals surface area contributed by atoms with Gasteiger partial charge < -0.3 is 14.6 Å². The van der Waals surface area contributed by atoms with Gasteiger partial charge in [0.25, 0.3) is 0 Å². The van der Waals surface area contributed by atoms with Gasteiger partial charge in [-0.2, -0.15) is 13.2 Å². The van der Waals surface area contributed by atoms with Crippen molar-refractivity contribution in [1.82, 2.24) is 10.2 Å². The van der Waals surface area contributed by atoms with Crippen molar-refractivity contribution in [3.63, 3.8) is 0 Å². The molecule has 0 unspecified atom stereocenters. The first-order valence-electron chi connectivity index (χ1n) is 9.00. The number of furan rings is 1. The van der Waals surface area contributed by atoms with Gasteiger partial charge in [-0.1, -0.05) is 12.1 Å². The van der Waals surface area contributed by atoms with Crippen LogP contribution in [0.2, 0.25) is 0 Å². The van der Waals surface area contributed by atoms with Crippen molar-refractivity contribution in [2.75, 3.05) is 6.54 Å². The minimum absolute atomic E-state index is 0.167. The van der Waals surface area contributed by atoms with Crippen LogP contribution in [0.5, 0.6) is 0 Å². The van der Waals surface area contributed by atoms with Gasteiger partial charge in [0.15, 0.2) is 0 Å². The van der Waals surface area contributed by atoms with E-state index in [1.54, 1.807) is 18.2 Å². The third kappa shape index (κ3) is 4.55. The van der Waals surface area contributed by atoms with E-state index in [0.29, 0.717) is 24.2 Å². The lowest BCUT2D eigenvalue weighted by atomic mass is 9.87. The molecule has 1 aliphatic heterocycles. The number of hydrogen-bond donors (Lipinski definition) is 1. The molecular weight excluding hydrogens is 373 g/mol. The predicted octanol–water partition coefficient (Wildman–Crippen LogP) is 3.91. The van der Waals surface area contributed by atoms with Gasteiger partial charge in [-0.25, -0.2) is 0 Å². The van der Waals surface area contributed by atoms with E-state index in [0.717, 1.165) is 12.1 Å². The molecule has 0 saturated carbocycles. The number of likely N-dealkylation sites (tertiary alicyclic amines) is 1. The smallest absolute Gasteiger partial charge is 0.416 e. The highest BCUT2D eigenvalue weighted by atomic mass is 19.4. The molecule has 5 nitrogen and oxygen atoms in total. The zero-order valence-electron chi connectivity index (χ0n) is 15.3. The molecule has 0 spiro atoms. The quantitative estimate of drug-likeness (QED) is 0.855. The second-order valence-corrected chi connectivity index (χ2v) is 6.88. The molecule has 2 amide bonds. The van der Waals surface area contributed by atoms with E-state index in [9.17, 15) is 22.8 Å². The van der Waals surface area contributed by atoms with Gasteiger partial charge in [-0.3, -0.25) is 9.59 Å². The van der Waals surface area contributed by atoms with Crippen LogP contribution >= 0.6 is 0 Å². The van der Waals surface area contributed by atoms with Crippen molar-refractivity contribution in [3.05, 3.63) is 59.5 Å². The maximum absolute atomic E-state index is 13.0. The molecule has 1 saturated heterocycles. The molecule has 1 aromatic heterocycles. The Bertz CT molecular complexity index is 833. The van der Waals surface area contributed by atoms with Gasteiger partial charge >= 0.3 is 6.18 Å². The topological polar surface area (TPSA) is 62.6 Å². The van der Waals surface area contributed by atoms with Gasteiger partial charge in [-0.15, -0.1) is 0 Å². The van der Waals surface area contributed by atoms with Gasteiger partial charge in [-0.05, 0) is 42.7 Å². The Kier molecular flexibility index (Phi) is 5.76. The fourth-order valence-corrected chi connectivity index (χ4v) is 3.53. The summed E-state index contributed by atoms with van der Waals surface area (Å²) in [6, 6.07) is 8.01. The molecule has 0 aliphatic carbocycles. The van der Waals surface area contributed by atoms with Crippen molar-refractivity contribution >= 4 is 11.8 Å². The molecule has 8 heteroatoms. The number of halogens is 3. The molecule has 1 N–H and O–H groups in total. The number of nitrogens with zero attached hydrogens (tertiary/aromatic N) is 1. The Hall–Kier alpha value is -2.77. The second-order valence-electron chi connectivity index (χ2n) is 6.88. The highest BCUT2D eigenvalue weighted by molar-refractivity contribution is 5.80. The minimum atomic E-state index is -4.44. The van der Waals surface area contributed by atoms with Crippen molar-refractivity contribution in [1.29, 1.82) is 0 Å². The second kappa shape index (κ2) is 8.08. The number of amides is 2. The predicted molar refractivity (Wildman–Crippen MR) is 94.9 cm³/mol. The zero-order valence-corrected chi connectivity index (χ0v) is 15.3. The van der Waals surface area contributed by atoms with Crippen LogP contribution in [0.15, 0.2) is 47.1 Å². The molecule has 2 aromatic rings. The first-order chi connectivity index (χ1) is 13.3. The largest absolute Gasteiger partial charge is 0.467 e. The van der Waals surface area contributed by atoms with Crippen molar-refractivity contribution in [2.24, 2.45) is 5.92 Å². The van der Waals surface area contributed by atoms with Gasteiger partial charge in [0.05, 0.1) is 30.3 Å². The molecule has 1 fully saturated rings. The molecule has 2 atom stereocenters. The maximum Gasteiger partial charge on any atom is 0.416 e. The Morgan fingerprint density at radius 1 is 1.21 bits per heavy atom. The number of carbonyl (C=O) groups is 2. The van der Waals surface area contributed by atoms with Gasteiger partial charge in [0.2, 0.25) is 11.8 Å². The SMILES string of the molecule is CC(=O)N1C[C@@H](C(=O)NCc2ccco2)CC[C@H]1c1cccc(C(F)(F)F)c1. The summed E-state index contributed by atoms with van der Waals surface area (Å²) < 4.78 is 44.2. The molecule has 1 aliphatic rings. The van der Waals surface area contributed by atoms with Crippen LogP contribution in [0.4, 0.5) is 13.2 Å². The molecule has 1 aromatic carbocycles. The number of piperidine rings is 1. The van der Waals surface area contributed by atoms with Crippen LogP contribution in [0.25, 0.3) is 0 Å². The Morgan fingerprint density at radius 3 is 2.64 bits per heavy atom. The highest BCUT2D eigenvalue weighted by Gasteiger charge is 2.36. The molecule has 0 bridgehead atoms. The van der Waals surface area contributed by atoms with Crippen LogP contribution in [-0.2, 0) is 22.3 Å². The normalized spacial score (nSPS) is 20.1. The van der Waals surface area contributed by atoms with Crippen molar-refractivity contribution in [3.8, 4) is 0 Å². The van der Waals surface area contributed by atoms with Crippen LogP contribution in [-0.4, -0.2) is 23.3 Å². The standard InChI is InChI=1S/C20H21F3N2O3/c1-13(26)25-12-15(19(27)24-11-17-6-3-9-28-17)7-8-18(25)14-4-2-5-16(10-14)20(21,22)23/h2-6,9-10,15,18H,7-8,11-12H2,1H3,(H,24,27)/t15-,18-/m0/s1. The van der Waals surface area contributed by atoms with Crippen LogP contribution in [0.1, 0.15) is 42.7 Å². The van der Waals surface area contributed by atoms with E-state index < -0.39 is 23.7 Å². The molecular formula is C20H21F3N2O3. The number of benzene rings is 1. The fraction of sp³-hybridized carbons (Fsp3) is 0.400. The summed E-state index contributed by atoms with van der Waals surface area (Å²) in [7, 11) is 0. The van der Waals surface area contributed by atoms with E-state index in [-0.39, 0.29) is 24.9 Å². The molecule has 0 radical (unpaired) electrons. The minimum Gasteiger partial charge on any atom is -0.467 e. The van der Waals surface area contributed by atoms with E-state index in [2.05, 4.69) is 5.32 Å². The summed E-state index contributed by atoms with van der Waals surface area (Å²) in [5.74, 6) is -0.272. The monoisotopic (exact) mass is 394 g/mol. The first kappa shape index (κ1) is 20.0. The van der Waals surface area contributed by atoms with E-state index in [1.807, 2.05) is 0 Å². The third-order valence-electron chi connectivity index (χ3n) is 4.97. The maximum atomic E-state index is 13.0. The molecule has 28 heavy (non-hydrogen) atoms. The fourth-order valence-electron chi connectivity index (χ4n) is 3.53. The summed E-state index contributed by atoms with van der Waals surface area (Å²) in [6.07, 6.45) is -2.03. The Labute approximate surface area is 160 Å². The molecule has 150 valence electrons. The number of hydrogen-bond acceptors (Lipinski definition) is 3. The summed E-state index contributed by atoms with van der Waals surface area (Å²) in [4.78, 5) is 26.1. The lowest BCUT2D eigenvalue weighted by Gasteiger charge is -2.39. The van der Waals surface area contributed by atoms with Crippen molar-refractivity contribution in [2.45, 2.75) is 38.5 Å². The van der Waals surface area contributed by atoms with Crippen LogP contribution in [0.3, 0.4) is 0 Å². The summed E-state index contributed by atoms with van der Waals surface area (Å²) >= 11 is 0. The molecule has 2 heterocycles. The summed E-state index contributed by atoms with van der Waals surface area (Å²) in [5.41, 5.74) is -0.314. The average molecular weight is 394 g/mol. The van der Waals surface area contributed by atoms with Crippen molar-refractivity contribution < 1.29 is 27.2 Å². The van der Waals surface area contributed by atoms with Crippen LogP contribution < -0.4 is 5.32 Å². The van der Waals surface area contributed by atoms with E-state index in [1.165, 1.54) is 24.2 Å². The van der Waals surface area contributed by atoms with E-state index >= 15 is 0 Å². The number of nitrogens with one attached hydrogen (secondary N) is 1. The van der Waals surface area contributed by atoms with Gasteiger partial charge in [0, 0.05) is 13.5 Å². The number of alkyl halides is 3. The number of carbonyl (C=O) groups excluding carboxylic acids is 2. The summed E-state index contributed by atoms with van der Waals surface area (Å²) in [6.45, 7) is 1.78. The average Bonchev–Trinajstić information content (AvgIpc) is 3.18.